The van der Waals surface area contributed by atoms with Crippen LogP contribution in [0.2, 0.25) is 5.02 Å². The van der Waals surface area contributed by atoms with E-state index in [1.54, 1.807) is 55.5 Å². The van der Waals surface area contributed by atoms with Crippen LogP contribution in [0, 0.1) is 5.92 Å². The van der Waals surface area contributed by atoms with E-state index in [0.29, 0.717) is 16.3 Å². The Labute approximate surface area is 156 Å². The lowest BCUT2D eigenvalue weighted by atomic mass is 9.75. The van der Waals surface area contributed by atoms with Crippen molar-refractivity contribution in [2.24, 2.45) is 11.7 Å². The number of hydrogen-bond donors (Lipinski definition) is 2. The summed E-state index contributed by atoms with van der Waals surface area (Å²) < 4.78 is 4.84. The van der Waals surface area contributed by atoms with Gasteiger partial charge in [-0.25, -0.2) is 0 Å². The molecule has 3 N–H and O–H groups in total. The van der Waals surface area contributed by atoms with E-state index in [1.807, 2.05) is 6.07 Å². The fourth-order valence-electron chi connectivity index (χ4n) is 3.10. The van der Waals surface area contributed by atoms with Gasteiger partial charge in [0.1, 0.15) is 5.54 Å². The average molecular weight is 371 g/mol. The number of halogens is 1. The van der Waals surface area contributed by atoms with Crippen molar-refractivity contribution < 1.29 is 14.3 Å². The van der Waals surface area contributed by atoms with Gasteiger partial charge in [-0.05, 0) is 36.8 Å². The molecular weight excluding hydrogens is 352 g/mol. The molecule has 1 aromatic heterocycles. The number of methoxy groups -OCH3 is 1. The fourth-order valence-corrected chi connectivity index (χ4v) is 3.28. The summed E-state index contributed by atoms with van der Waals surface area (Å²) in [4.78, 5) is 28.7. The molecule has 2 aromatic carbocycles. The lowest BCUT2D eigenvalue weighted by Gasteiger charge is -2.32. The van der Waals surface area contributed by atoms with Gasteiger partial charge < -0.3 is 15.5 Å². The number of benzene rings is 2. The number of esters is 1. The largest absolute Gasteiger partial charge is 0.469 e. The van der Waals surface area contributed by atoms with E-state index in [4.69, 9.17) is 22.1 Å². The highest BCUT2D eigenvalue weighted by molar-refractivity contribution is 6.31. The third kappa shape index (κ3) is 3.00. The van der Waals surface area contributed by atoms with Crippen LogP contribution in [0.15, 0.2) is 54.6 Å². The van der Waals surface area contributed by atoms with Crippen LogP contribution in [0.3, 0.4) is 0 Å². The summed E-state index contributed by atoms with van der Waals surface area (Å²) in [5.41, 5.74) is 6.61. The molecule has 0 aliphatic carbocycles. The summed E-state index contributed by atoms with van der Waals surface area (Å²) in [6, 6.07) is 15.8. The molecule has 3 rings (SSSR count). The topological polar surface area (TPSA) is 85.2 Å². The van der Waals surface area contributed by atoms with Crippen molar-refractivity contribution in [3.05, 3.63) is 70.9 Å². The van der Waals surface area contributed by atoms with Crippen LogP contribution < -0.4 is 5.73 Å². The van der Waals surface area contributed by atoms with Crippen LogP contribution in [0.5, 0.6) is 0 Å². The molecule has 0 fully saturated rings. The summed E-state index contributed by atoms with van der Waals surface area (Å²) in [5.74, 6) is -1.82. The molecule has 0 spiro atoms. The summed E-state index contributed by atoms with van der Waals surface area (Å²) in [5, 5.41) is 1.36. The minimum absolute atomic E-state index is 0.310. The van der Waals surface area contributed by atoms with Crippen LogP contribution in [0.25, 0.3) is 10.9 Å². The Morgan fingerprint density at radius 2 is 1.85 bits per heavy atom. The van der Waals surface area contributed by atoms with Gasteiger partial charge in [0.05, 0.1) is 18.7 Å². The Balaban J connectivity index is 2.13. The number of ether oxygens (including phenoxy) is 1. The van der Waals surface area contributed by atoms with Gasteiger partial charge in [0.15, 0.2) is 0 Å². The van der Waals surface area contributed by atoms with Gasteiger partial charge in [-0.3, -0.25) is 9.59 Å². The van der Waals surface area contributed by atoms with Crippen LogP contribution >= 0.6 is 11.6 Å². The van der Waals surface area contributed by atoms with Gasteiger partial charge in [0.2, 0.25) is 5.78 Å². The van der Waals surface area contributed by atoms with Crippen molar-refractivity contribution in [1.82, 2.24) is 4.98 Å². The van der Waals surface area contributed by atoms with Gasteiger partial charge >= 0.3 is 5.97 Å². The lowest BCUT2D eigenvalue weighted by molar-refractivity contribution is -0.146. The molecule has 0 saturated heterocycles. The first kappa shape index (κ1) is 18.2. The maximum absolute atomic E-state index is 13.4. The summed E-state index contributed by atoms with van der Waals surface area (Å²) >= 11 is 6.02. The molecule has 5 nitrogen and oxygen atoms in total. The Morgan fingerprint density at radius 3 is 2.50 bits per heavy atom. The van der Waals surface area contributed by atoms with Crippen molar-refractivity contribution in [3.8, 4) is 0 Å². The predicted octanol–water partition coefficient (Wildman–Crippen LogP) is 3.67. The number of Topliss-reactive ketones (excluding diaryl/α,β-unsaturated/α-hetero) is 1. The first-order chi connectivity index (χ1) is 12.4. The number of ketones is 1. The number of aromatic nitrogens is 1. The minimum atomic E-state index is -1.57. The second kappa shape index (κ2) is 6.94. The van der Waals surface area contributed by atoms with Gasteiger partial charge in [0, 0.05) is 15.9 Å². The van der Waals surface area contributed by atoms with E-state index in [0.717, 1.165) is 10.9 Å². The fraction of sp³-hybridized carbons (Fsp3) is 0.200. The van der Waals surface area contributed by atoms with Crippen molar-refractivity contribution in [2.45, 2.75) is 12.5 Å². The van der Waals surface area contributed by atoms with E-state index < -0.39 is 23.2 Å². The van der Waals surface area contributed by atoms with E-state index >= 15 is 0 Å². The van der Waals surface area contributed by atoms with Crippen molar-refractivity contribution in [2.75, 3.05) is 7.11 Å². The summed E-state index contributed by atoms with van der Waals surface area (Å²) in [7, 11) is 1.28. The molecule has 0 aliphatic heterocycles. The van der Waals surface area contributed by atoms with E-state index in [9.17, 15) is 9.59 Å². The number of nitrogens with two attached hydrogens (primary N) is 1. The number of fused-ring (bicyclic) bond motifs is 1. The standard InChI is InChI=1S/C20H19ClN2O3/c1-12(19(25)26-2)20(22,14-6-4-3-5-7-14)18(24)17-11-13-10-15(21)8-9-16(13)23-17/h3-12,23H,22H2,1-2H3. The highest BCUT2D eigenvalue weighted by Crippen LogP contribution is 2.33. The van der Waals surface area contributed by atoms with Crippen molar-refractivity contribution >= 4 is 34.3 Å². The van der Waals surface area contributed by atoms with E-state index in [2.05, 4.69) is 4.98 Å². The molecule has 0 radical (unpaired) electrons. The zero-order valence-electron chi connectivity index (χ0n) is 14.5. The Morgan fingerprint density at radius 1 is 1.15 bits per heavy atom. The summed E-state index contributed by atoms with van der Waals surface area (Å²) in [6.07, 6.45) is 0. The van der Waals surface area contributed by atoms with Crippen molar-refractivity contribution in [3.63, 3.8) is 0 Å². The monoisotopic (exact) mass is 370 g/mol. The zero-order valence-corrected chi connectivity index (χ0v) is 15.2. The number of nitrogens with one attached hydrogen (secondary N) is 1. The zero-order chi connectivity index (χ0) is 18.9. The number of carbonyl (C=O) groups excluding carboxylic acids is 2. The first-order valence-corrected chi connectivity index (χ1v) is 8.51. The maximum atomic E-state index is 13.4. The van der Waals surface area contributed by atoms with Gasteiger partial charge in [-0.1, -0.05) is 41.9 Å². The molecule has 1 heterocycles. The SMILES string of the molecule is COC(=O)C(C)C(N)(C(=O)c1cc2cc(Cl)ccc2[nH]1)c1ccccc1. The highest BCUT2D eigenvalue weighted by Gasteiger charge is 2.46. The average Bonchev–Trinajstić information content (AvgIpc) is 3.09. The second-order valence-corrected chi connectivity index (χ2v) is 6.66. The molecular formula is C20H19ClN2O3. The molecule has 0 amide bonds. The van der Waals surface area contributed by atoms with Gasteiger partial charge in [-0.15, -0.1) is 0 Å². The molecule has 0 saturated carbocycles. The third-order valence-corrected chi connectivity index (χ3v) is 4.93. The molecule has 26 heavy (non-hydrogen) atoms. The lowest BCUT2D eigenvalue weighted by Crippen LogP contribution is -2.53. The number of H-pyrrole nitrogens is 1. The number of aromatic amines is 1. The quantitative estimate of drug-likeness (QED) is 0.530. The molecule has 2 atom stereocenters. The predicted molar refractivity (Wildman–Crippen MR) is 101 cm³/mol. The van der Waals surface area contributed by atoms with Gasteiger partial charge in [0.25, 0.3) is 0 Å². The number of hydrogen-bond acceptors (Lipinski definition) is 4. The maximum Gasteiger partial charge on any atom is 0.311 e. The van der Waals surface area contributed by atoms with Crippen molar-refractivity contribution in [1.29, 1.82) is 0 Å². The Hall–Kier alpha value is -2.63. The smallest absolute Gasteiger partial charge is 0.311 e. The Kier molecular flexibility index (Phi) is 4.85. The molecule has 2 unspecified atom stereocenters. The molecule has 134 valence electrons. The molecule has 0 bridgehead atoms. The number of carbonyl (C=O) groups is 2. The Bertz CT molecular complexity index is 968. The van der Waals surface area contributed by atoms with E-state index in [1.165, 1.54) is 7.11 Å². The second-order valence-electron chi connectivity index (χ2n) is 6.22. The third-order valence-electron chi connectivity index (χ3n) is 4.69. The number of rotatable bonds is 5. The van der Waals surface area contributed by atoms with E-state index in [-0.39, 0.29) is 0 Å². The van der Waals surface area contributed by atoms with Crippen LogP contribution in [0.4, 0.5) is 0 Å². The summed E-state index contributed by atoms with van der Waals surface area (Å²) in [6.45, 7) is 1.59. The molecule has 0 aliphatic rings. The van der Waals surface area contributed by atoms with Crippen LogP contribution in [-0.4, -0.2) is 23.8 Å². The molecule has 6 heteroatoms. The van der Waals surface area contributed by atoms with Gasteiger partial charge in [-0.2, -0.15) is 0 Å². The highest BCUT2D eigenvalue weighted by atomic mass is 35.5. The normalized spacial score (nSPS) is 14.6. The first-order valence-electron chi connectivity index (χ1n) is 8.13. The minimum Gasteiger partial charge on any atom is -0.469 e. The van der Waals surface area contributed by atoms with Crippen LogP contribution in [-0.2, 0) is 15.1 Å². The molecule has 3 aromatic rings. The van der Waals surface area contributed by atoms with Crippen LogP contribution in [0.1, 0.15) is 23.0 Å².